The number of carbonyl (C=O) groups excluding carboxylic acids is 1. The molecule has 0 aliphatic rings. The number of carbonyl (C=O) groups is 1. The summed E-state index contributed by atoms with van der Waals surface area (Å²) in [6.07, 6.45) is 0.602. The molecule has 0 atom stereocenters. The van der Waals surface area contributed by atoms with Crippen LogP contribution >= 0.6 is 34.5 Å². The lowest BCUT2D eigenvalue weighted by atomic mass is 10.2. The molecular formula is C18H13Cl2FN2OS. The third-order valence-corrected chi connectivity index (χ3v) is 5.17. The first-order valence-electron chi connectivity index (χ1n) is 7.46. The maximum Gasteiger partial charge on any atom is 0.251 e. The Labute approximate surface area is 158 Å². The summed E-state index contributed by atoms with van der Waals surface area (Å²) in [5.41, 5.74) is 2.20. The summed E-state index contributed by atoms with van der Waals surface area (Å²) in [5, 5.41) is 6.34. The maximum atomic E-state index is 13.0. The Hall–Kier alpha value is -1.95. The van der Waals surface area contributed by atoms with Crippen molar-refractivity contribution < 1.29 is 9.18 Å². The number of halogens is 3. The van der Waals surface area contributed by atoms with Gasteiger partial charge < -0.3 is 5.32 Å². The summed E-state index contributed by atoms with van der Waals surface area (Å²) in [5.74, 6) is -0.488. The molecule has 0 fully saturated rings. The van der Waals surface area contributed by atoms with Gasteiger partial charge in [-0.2, -0.15) is 0 Å². The van der Waals surface area contributed by atoms with Crippen LogP contribution in [0, 0.1) is 5.82 Å². The van der Waals surface area contributed by atoms with Gasteiger partial charge in [-0.05, 0) is 42.5 Å². The molecule has 0 aliphatic carbocycles. The lowest BCUT2D eigenvalue weighted by Crippen LogP contribution is -2.25. The second kappa shape index (κ2) is 7.95. The normalized spacial score (nSPS) is 10.7. The fourth-order valence-corrected chi connectivity index (χ4v) is 3.35. The van der Waals surface area contributed by atoms with Gasteiger partial charge in [-0.3, -0.25) is 4.79 Å². The number of nitrogens with one attached hydrogen (secondary N) is 1. The van der Waals surface area contributed by atoms with Gasteiger partial charge in [-0.1, -0.05) is 23.2 Å². The monoisotopic (exact) mass is 394 g/mol. The first-order valence-corrected chi connectivity index (χ1v) is 9.10. The largest absolute Gasteiger partial charge is 0.352 e. The van der Waals surface area contributed by atoms with Crippen LogP contribution in [0.5, 0.6) is 0 Å². The second-order valence-electron chi connectivity index (χ2n) is 5.29. The van der Waals surface area contributed by atoms with Gasteiger partial charge in [0.15, 0.2) is 0 Å². The van der Waals surface area contributed by atoms with Gasteiger partial charge in [0.05, 0.1) is 15.7 Å². The van der Waals surface area contributed by atoms with Crippen molar-refractivity contribution in [2.75, 3.05) is 6.54 Å². The van der Waals surface area contributed by atoms with E-state index in [1.54, 1.807) is 24.3 Å². The lowest BCUT2D eigenvalue weighted by Gasteiger charge is -2.05. The summed E-state index contributed by atoms with van der Waals surface area (Å²) in [4.78, 5) is 16.6. The fraction of sp³-hybridized carbons (Fsp3) is 0.111. The molecule has 1 aromatic heterocycles. The number of amides is 1. The van der Waals surface area contributed by atoms with Gasteiger partial charge in [0.25, 0.3) is 5.91 Å². The van der Waals surface area contributed by atoms with E-state index in [2.05, 4.69) is 10.3 Å². The average molecular weight is 395 g/mol. The summed E-state index contributed by atoms with van der Waals surface area (Å²) in [6, 6.07) is 11.0. The van der Waals surface area contributed by atoms with Crippen LogP contribution in [0.4, 0.5) is 4.39 Å². The second-order valence-corrected chi connectivity index (χ2v) is 6.96. The van der Waals surface area contributed by atoms with E-state index in [-0.39, 0.29) is 11.7 Å². The van der Waals surface area contributed by atoms with E-state index in [0.717, 1.165) is 16.3 Å². The standard InChI is InChI=1S/C18H13Cl2FN2OS/c19-15-6-3-12(9-16(15)20)17(24)22-8-7-14-10-25-18(23-14)11-1-4-13(21)5-2-11/h1-6,9-10H,7-8H2,(H,22,24). The summed E-state index contributed by atoms with van der Waals surface area (Å²) >= 11 is 13.2. The quantitative estimate of drug-likeness (QED) is 0.643. The molecule has 1 N–H and O–H groups in total. The van der Waals surface area contributed by atoms with Crippen molar-refractivity contribution in [3.63, 3.8) is 0 Å². The molecule has 25 heavy (non-hydrogen) atoms. The molecule has 0 spiro atoms. The Bertz CT molecular complexity index is 896. The molecule has 1 heterocycles. The van der Waals surface area contributed by atoms with Crippen molar-refractivity contribution in [1.29, 1.82) is 0 Å². The van der Waals surface area contributed by atoms with E-state index in [1.807, 2.05) is 5.38 Å². The molecule has 7 heteroatoms. The smallest absolute Gasteiger partial charge is 0.251 e. The van der Waals surface area contributed by atoms with Crippen LogP contribution in [0.25, 0.3) is 10.6 Å². The molecule has 0 aliphatic heterocycles. The zero-order valence-electron chi connectivity index (χ0n) is 12.9. The van der Waals surface area contributed by atoms with Crippen LogP contribution in [0.2, 0.25) is 10.0 Å². The molecular weight excluding hydrogens is 382 g/mol. The highest BCUT2D eigenvalue weighted by Crippen LogP contribution is 2.24. The van der Waals surface area contributed by atoms with E-state index < -0.39 is 0 Å². The van der Waals surface area contributed by atoms with E-state index in [9.17, 15) is 9.18 Å². The molecule has 0 saturated carbocycles. The molecule has 3 nitrogen and oxygen atoms in total. The van der Waals surface area contributed by atoms with E-state index in [0.29, 0.717) is 28.6 Å². The Morgan fingerprint density at radius 2 is 1.88 bits per heavy atom. The third kappa shape index (κ3) is 4.57. The maximum absolute atomic E-state index is 13.0. The first kappa shape index (κ1) is 17.9. The van der Waals surface area contributed by atoms with Crippen molar-refractivity contribution in [1.82, 2.24) is 10.3 Å². The van der Waals surface area contributed by atoms with Gasteiger partial charge >= 0.3 is 0 Å². The Kier molecular flexibility index (Phi) is 5.68. The van der Waals surface area contributed by atoms with Crippen molar-refractivity contribution in [3.8, 4) is 10.6 Å². The van der Waals surface area contributed by atoms with Gasteiger partial charge in [0.2, 0.25) is 0 Å². The SMILES string of the molecule is O=C(NCCc1csc(-c2ccc(F)cc2)n1)c1ccc(Cl)c(Cl)c1. The highest BCUT2D eigenvalue weighted by molar-refractivity contribution is 7.13. The van der Waals surface area contributed by atoms with E-state index in [4.69, 9.17) is 23.2 Å². The molecule has 2 aromatic carbocycles. The molecule has 128 valence electrons. The fourth-order valence-electron chi connectivity index (χ4n) is 2.19. The molecule has 3 aromatic rings. The van der Waals surface area contributed by atoms with Gasteiger partial charge in [0.1, 0.15) is 10.8 Å². The minimum absolute atomic E-state index is 0.215. The van der Waals surface area contributed by atoms with Gasteiger partial charge in [0, 0.05) is 29.5 Å². The third-order valence-electron chi connectivity index (χ3n) is 3.49. The number of nitrogens with zero attached hydrogens (tertiary/aromatic N) is 1. The Balaban J connectivity index is 1.56. The van der Waals surface area contributed by atoms with Crippen molar-refractivity contribution in [2.24, 2.45) is 0 Å². The van der Waals surface area contributed by atoms with Crippen LogP contribution in [-0.2, 0) is 6.42 Å². The van der Waals surface area contributed by atoms with Crippen LogP contribution in [0.3, 0.4) is 0 Å². The first-order chi connectivity index (χ1) is 12.0. The zero-order valence-corrected chi connectivity index (χ0v) is 15.3. The predicted molar refractivity (Wildman–Crippen MR) is 100 cm³/mol. The molecule has 0 radical (unpaired) electrons. The Morgan fingerprint density at radius 1 is 1.12 bits per heavy atom. The van der Waals surface area contributed by atoms with Gasteiger partial charge in [-0.25, -0.2) is 9.37 Å². The summed E-state index contributed by atoms with van der Waals surface area (Å²) in [6.45, 7) is 0.450. The average Bonchev–Trinajstić information content (AvgIpc) is 3.06. The van der Waals surface area contributed by atoms with Crippen LogP contribution in [-0.4, -0.2) is 17.4 Å². The molecule has 0 unspecified atom stereocenters. The van der Waals surface area contributed by atoms with Crippen molar-refractivity contribution in [3.05, 3.63) is 75.0 Å². The van der Waals surface area contributed by atoms with Crippen molar-refractivity contribution >= 4 is 40.4 Å². The Morgan fingerprint density at radius 3 is 2.60 bits per heavy atom. The number of hydrogen-bond donors (Lipinski definition) is 1. The zero-order chi connectivity index (χ0) is 17.8. The van der Waals surface area contributed by atoms with E-state index >= 15 is 0 Å². The number of aromatic nitrogens is 1. The molecule has 0 bridgehead atoms. The van der Waals surface area contributed by atoms with Gasteiger partial charge in [-0.15, -0.1) is 11.3 Å². The number of hydrogen-bond acceptors (Lipinski definition) is 3. The molecule has 0 saturated heterocycles. The number of thiazole rings is 1. The minimum Gasteiger partial charge on any atom is -0.352 e. The van der Waals surface area contributed by atoms with Crippen LogP contribution in [0.15, 0.2) is 47.8 Å². The van der Waals surface area contributed by atoms with E-state index in [1.165, 1.54) is 29.5 Å². The predicted octanol–water partition coefficient (Wildman–Crippen LogP) is 5.23. The minimum atomic E-state index is -0.273. The molecule has 3 rings (SSSR count). The highest BCUT2D eigenvalue weighted by Gasteiger charge is 2.09. The topological polar surface area (TPSA) is 42.0 Å². The highest BCUT2D eigenvalue weighted by atomic mass is 35.5. The summed E-state index contributed by atoms with van der Waals surface area (Å²) in [7, 11) is 0. The van der Waals surface area contributed by atoms with Crippen molar-refractivity contribution in [2.45, 2.75) is 6.42 Å². The van der Waals surface area contributed by atoms with Crippen LogP contribution < -0.4 is 5.32 Å². The number of rotatable bonds is 5. The van der Waals surface area contributed by atoms with Crippen LogP contribution in [0.1, 0.15) is 16.1 Å². The molecule has 1 amide bonds. The lowest BCUT2D eigenvalue weighted by molar-refractivity contribution is 0.0954. The summed E-state index contributed by atoms with van der Waals surface area (Å²) < 4.78 is 13.0. The number of benzene rings is 2.